The van der Waals surface area contributed by atoms with E-state index in [0.29, 0.717) is 19.7 Å². The largest absolute Gasteiger partial charge is 0.442 e. The van der Waals surface area contributed by atoms with Gasteiger partial charge >= 0.3 is 6.09 Å². The van der Waals surface area contributed by atoms with Crippen LogP contribution in [0.4, 0.5) is 4.79 Å². The highest BCUT2D eigenvalue weighted by Gasteiger charge is 2.21. The summed E-state index contributed by atoms with van der Waals surface area (Å²) in [6.45, 7) is 8.93. The van der Waals surface area contributed by atoms with Gasteiger partial charge in [-0.1, -0.05) is 0 Å². The molecule has 0 aromatic carbocycles. The van der Waals surface area contributed by atoms with E-state index in [1.54, 1.807) is 0 Å². The Hall–Kier alpha value is -0.810. The number of hydroxylamine groups is 2. The Morgan fingerprint density at radius 1 is 1.40 bits per heavy atom. The first-order valence-corrected chi connectivity index (χ1v) is 5.18. The van der Waals surface area contributed by atoms with Crippen molar-refractivity contribution in [1.29, 1.82) is 0 Å². The molecular formula is C10H22N2O3. The van der Waals surface area contributed by atoms with Crippen molar-refractivity contribution < 1.29 is 14.4 Å². The number of nitrogens with zero attached hydrogens (tertiary/aromatic N) is 1. The highest BCUT2D eigenvalue weighted by atomic mass is 16.7. The molecule has 90 valence electrons. The summed E-state index contributed by atoms with van der Waals surface area (Å²) in [4.78, 5) is 16.8. The second-order valence-corrected chi connectivity index (χ2v) is 4.11. The Morgan fingerprint density at radius 3 is 2.40 bits per heavy atom. The van der Waals surface area contributed by atoms with E-state index in [9.17, 15) is 4.79 Å². The van der Waals surface area contributed by atoms with Crippen molar-refractivity contribution in [3.05, 3.63) is 0 Å². The Kier molecular flexibility index (Phi) is 6.27. The first kappa shape index (κ1) is 14.2. The summed E-state index contributed by atoms with van der Waals surface area (Å²) in [6.07, 6.45) is -0.443. The third kappa shape index (κ3) is 7.16. The van der Waals surface area contributed by atoms with Crippen LogP contribution >= 0.6 is 0 Å². The average molecular weight is 218 g/mol. The number of amides is 1. The van der Waals surface area contributed by atoms with Crippen molar-refractivity contribution in [2.24, 2.45) is 0 Å². The summed E-state index contributed by atoms with van der Waals surface area (Å²) < 4.78 is 5.16. The van der Waals surface area contributed by atoms with Crippen LogP contribution in [0.5, 0.6) is 0 Å². The second-order valence-electron chi connectivity index (χ2n) is 4.11. The molecule has 0 radical (unpaired) electrons. The van der Waals surface area contributed by atoms with Crippen LogP contribution in [0.1, 0.15) is 27.7 Å². The quantitative estimate of drug-likeness (QED) is 0.559. The first-order chi connectivity index (χ1) is 6.90. The molecule has 15 heavy (non-hydrogen) atoms. The van der Waals surface area contributed by atoms with Gasteiger partial charge in [-0.05, 0) is 34.7 Å². The van der Waals surface area contributed by atoms with E-state index in [0.717, 1.165) is 0 Å². The zero-order chi connectivity index (χ0) is 11.9. The van der Waals surface area contributed by atoms with Gasteiger partial charge in [0.15, 0.2) is 0 Å². The van der Waals surface area contributed by atoms with Crippen LogP contribution in [0.25, 0.3) is 0 Å². The summed E-state index contributed by atoms with van der Waals surface area (Å²) in [5.74, 6) is 0. The Bertz CT molecular complexity index is 190. The van der Waals surface area contributed by atoms with Gasteiger partial charge in [-0.2, -0.15) is 5.06 Å². The lowest BCUT2D eigenvalue weighted by Gasteiger charge is -2.25. The molecule has 0 aromatic heterocycles. The van der Waals surface area contributed by atoms with Gasteiger partial charge in [0.05, 0.1) is 6.61 Å². The van der Waals surface area contributed by atoms with Crippen molar-refractivity contribution in [3.63, 3.8) is 0 Å². The predicted octanol–water partition coefficient (Wildman–Crippen LogP) is 1.39. The minimum absolute atomic E-state index is 0.443. The van der Waals surface area contributed by atoms with Crippen molar-refractivity contribution in [2.45, 2.75) is 33.3 Å². The third-order valence-electron chi connectivity index (χ3n) is 1.48. The average Bonchev–Trinajstić information content (AvgIpc) is 2.09. The SMILES string of the molecule is CCN(OCCNC)C(=O)OC(C)(C)C. The number of carbonyl (C=O) groups excluding carboxylic acids is 1. The molecule has 0 aliphatic carbocycles. The lowest BCUT2D eigenvalue weighted by atomic mass is 10.2. The summed E-state index contributed by atoms with van der Waals surface area (Å²) in [5, 5.41) is 4.16. The van der Waals surface area contributed by atoms with Crippen LogP contribution in [0.3, 0.4) is 0 Å². The van der Waals surface area contributed by atoms with Gasteiger partial charge in [0.25, 0.3) is 0 Å². The highest BCUT2D eigenvalue weighted by molar-refractivity contribution is 5.66. The van der Waals surface area contributed by atoms with Gasteiger partial charge in [-0.15, -0.1) is 0 Å². The molecule has 0 saturated carbocycles. The maximum Gasteiger partial charge on any atom is 0.434 e. The summed E-state index contributed by atoms with van der Waals surface area (Å²) in [7, 11) is 1.83. The fourth-order valence-electron chi connectivity index (χ4n) is 0.844. The Labute approximate surface area is 91.7 Å². The van der Waals surface area contributed by atoms with E-state index in [1.165, 1.54) is 5.06 Å². The zero-order valence-corrected chi connectivity index (χ0v) is 10.3. The Balaban J connectivity index is 3.99. The summed E-state index contributed by atoms with van der Waals surface area (Å²) in [6, 6.07) is 0. The number of hydrogen-bond acceptors (Lipinski definition) is 4. The second kappa shape index (κ2) is 6.63. The molecule has 5 heteroatoms. The highest BCUT2D eigenvalue weighted by Crippen LogP contribution is 2.09. The van der Waals surface area contributed by atoms with Crippen LogP contribution in [0.2, 0.25) is 0 Å². The van der Waals surface area contributed by atoms with Crippen LogP contribution in [-0.4, -0.2) is 43.5 Å². The van der Waals surface area contributed by atoms with E-state index >= 15 is 0 Å². The molecule has 1 N–H and O–H groups in total. The fraction of sp³-hybridized carbons (Fsp3) is 0.900. The van der Waals surface area contributed by atoms with Crippen LogP contribution in [-0.2, 0) is 9.57 Å². The fourth-order valence-corrected chi connectivity index (χ4v) is 0.844. The van der Waals surface area contributed by atoms with Gasteiger partial charge in [-0.25, -0.2) is 4.79 Å². The zero-order valence-electron chi connectivity index (χ0n) is 10.3. The lowest BCUT2D eigenvalue weighted by molar-refractivity contribution is -0.142. The number of ether oxygens (including phenoxy) is 1. The molecular weight excluding hydrogens is 196 g/mol. The van der Waals surface area contributed by atoms with Crippen molar-refractivity contribution in [2.75, 3.05) is 26.7 Å². The molecule has 0 unspecified atom stereocenters. The van der Waals surface area contributed by atoms with Crippen molar-refractivity contribution >= 4 is 6.09 Å². The molecule has 0 aliphatic heterocycles. The summed E-state index contributed by atoms with van der Waals surface area (Å²) in [5.41, 5.74) is -0.489. The normalized spacial score (nSPS) is 11.3. The van der Waals surface area contributed by atoms with Gasteiger partial charge in [0.2, 0.25) is 0 Å². The van der Waals surface area contributed by atoms with Gasteiger partial charge in [0, 0.05) is 13.1 Å². The minimum atomic E-state index is -0.489. The molecule has 0 spiro atoms. The molecule has 0 rings (SSSR count). The number of carbonyl (C=O) groups is 1. The molecule has 0 heterocycles. The monoisotopic (exact) mass is 218 g/mol. The molecule has 5 nitrogen and oxygen atoms in total. The van der Waals surface area contributed by atoms with Crippen molar-refractivity contribution in [3.8, 4) is 0 Å². The smallest absolute Gasteiger partial charge is 0.434 e. The minimum Gasteiger partial charge on any atom is -0.442 e. The van der Waals surface area contributed by atoms with E-state index in [2.05, 4.69) is 5.32 Å². The predicted molar refractivity (Wildman–Crippen MR) is 58.5 cm³/mol. The number of likely N-dealkylation sites (N-methyl/N-ethyl adjacent to an activating group) is 1. The van der Waals surface area contributed by atoms with E-state index < -0.39 is 11.7 Å². The van der Waals surface area contributed by atoms with Crippen LogP contribution in [0, 0.1) is 0 Å². The van der Waals surface area contributed by atoms with E-state index in [4.69, 9.17) is 9.57 Å². The number of rotatable bonds is 5. The topological polar surface area (TPSA) is 50.8 Å². The number of nitrogens with one attached hydrogen (secondary N) is 1. The maximum atomic E-state index is 11.5. The third-order valence-corrected chi connectivity index (χ3v) is 1.48. The van der Waals surface area contributed by atoms with Crippen LogP contribution < -0.4 is 5.32 Å². The molecule has 1 amide bonds. The maximum absolute atomic E-state index is 11.5. The van der Waals surface area contributed by atoms with Gasteiger partial charge in [0.1, 0.15) is 5.60 Å². The van der Waals surface area contributed by atoms with E-state index in [-0.39, 0.29) is 0 Å². The van der Waals surface area contributed by atoms with Gasteiger partial charge in [-0.3, -0.25) is 4.84 Å². The Morgan fingerprint density at radius 2 is 2.00 bits per heavy atom. The molecule has 0 atom stereocenters. The molecule has 0 aromatic rings. The van der Waals surface area contributed by atoms with E-state index in [1.807, 2.05) is 34.7 Å². The van der Waals surface area contributed by atoms with Gasteiger partial charge < -0.3 is 10.1 Å². The molecule has 0 saturated heterocycles. The van der Waals surface area contributed by atoms with Crippen molar-refractivity contribution in [1.82, 2.24) is 10.4 Å². The summed E-state index contributed by atoms with van der Waals surface area (Å²) >= 11 is 0. The lowest BCUT2D eigenvalue weighted by Crippen LogP contribution is -2.37. The first-order valence-electron chi connectivity index (χ1n) is 5.18. The molecule has 0 fully saturated rings. The molecule has 0 aliphatic rings. The van der Waals surface area contributed by atoms with Crippen LogP contribution in [0.15, 0.2) is 0 Å². The molecule has 0 bridgehead atoms. The number of hydrogen-bond donors (Lipinski definition) is 1. The standard InChI is InChI=1S/C10H22N2O3/c1-6-12(14-8-7-11-5)9(13)15-10(2,3)4/h11H,6-8H2,1-5H3.